The average Bonchev–Trinajstić information content (AvgIpc) is 2.43. The molecule has 1 aromatic heterocycles. The molecule has 104 valence electrons. The maximum absolute atomic E-state index is 13.3. The highest BCUT2D eigenvalue weighted by atomic mass is 19.1. The molecule has 0 saturated carbocycles. The number of nitrogens with zero attached hydrogens (tertiary/aromatic N) is 1. The lowest BCUT2D eigenvalue weighted by Gasteiger charge is -2.08. The van der Waals surface area contributed by atoms with Gasteiger partial charge in [0.25, 0.3) is 0 Å². The van der Waals surface area contributed by atoms with E-state index in [2.05, 4.69) is 15.6 Å². The summed E-state index contributed by atoms with van der Waals surface area (Å²) in [6, 6.07) is 6.12. The summed E-state index contributed by atoms with van der Waals surface area (Å²) in [4.78, 5) is 15.5. The fourth-order valence-corrected chi connectivity index (χ4v) is 1.62. The second-order valence-electron chi connectivity index (χ2n) is 4.12. The number of pyridine rings is 1. The number of carbonyl (C=O) groups excluding carboxylic acids is 1. The Labute approximate surface area is 114 Å². The van der Waals surface area contributed by atoms with E-state index in [0.717, 1.165) is 11.6 Å². The zero-order chi connectivity index (χ0) is 14.4. The van der Waals surface area contributed by atoms with Gasteiger partial charge in [-0.2, -0.15) is 0 Å². The van der Waals surface area contributed by atoms with Crippen LogP contribution in [-0.2, 0) is 6.42 Å². The Bertz CT molecular complexity index is 590. The Morgan fingerprint density at radius 3 is 2.80 bits per heavy atom. The highest BCUT2D eigenvalue weighted by Crippen LogP contribution is 2.14. The van der Waals surface area contributed by atoms with E-state index in [-0.39, 0.29) is 5.69 Å². The number of amides is 2. The number of nitrogens with one attached hydrogen (secondary N) is 2. The lowest BCUT2D eigenvalue weighted by molar-refractivity contribution is 0.252. The number of anilines is 1. The Kier molecular flexibility index (Phi) is 4.60. The first kappa shape index (κ1) is 13.9. The zero-order valence-corrected chi connectivity index (χ0v) is 10.6. The van der Waals surface area contributed by atoms with Crippen LogP contribution < -0.4 is 10.6 Å². The monoisotopic (exact) mass is 277 g/mol. The standard InChI is InChI=1S/C14H13F2N3O/c15-11-3-4-13(12(16)8-11)19-14(20)18-7-5-10-2-1-6-17-9-10/h1-4,6,8-9H,5,7H2,(H2,18,19,20). The molecule has 0 unspecified atom stereocenters. The van der Waals surface area contributed by atoms with Gasteiger partial charge in [0.1, 0.15) is 11.6 Å². The normalized spacial score (nSPS) is 10.1. The number of hydrogen-bond acceptors (Lipinski definition) is 2. The number of benzene rings is 1. The third-order valence-electron chi connectivity index (χ3n) is 2.60. The molecule has 2 rings (SSSR count). The second kappa shape index (κ2) is 6.60. The SMILES string of the molecule is O=C(NCCc1cccnc1)Nc1ccc(F)cc1F. The summed E-state index contributed by atoms with van der Waals surface area (Å²) >= 11 is 0. The molecule has 0 bridgehead atoms. The summed E-state index contributed by atoms with van der Waals surface area (Å²) in [6.07, 6.45) is 3.99. The molecule has 2 aromatic rings. The molecular formula is C14H13F2N3O. The quantitative estimate of drug-likeness (QED) is 0.902. The van der Waals surface area contributed by atoms with Gasteiger partial charge in [-0.1, -0.05) is 6.07 Å². The van der Waals surface area contributed by atoms with Crippen molar-refractivity contribution in [1.82, 2.24) is 10.3 Å². The summed E-state index contributed by atoms with van der Waals surface area (Å²) in [5, 5.41) is 4.90. The molecule has 0 radical (unpaired) electrons. The van der Waals surface area contributed by atoms with Crippen molar-refractivity contribution in [1.29, 1.82) is 0 Å². The molecule has 0 fully saturated rings. The molecule has 20 heavy (non-hydrogen) atoms. The van der Waals surface area contributed by atoms with Crippen molar-refractivity contribution in [2.24, 2.45) is 0 Å². The van der Waals surface area contributed by atoms with E-state index in [0.29, 0.717) is 19.0 Å². The van der Waals surface area contributed by atoms with Crippen LogP contribution in [0, 0.1) is 11.6 Å². The van der Waals surface area contributed by atoms with E-state index >= 15 is 0 Å². The Morgan fingerprint density at radius 1 is 1.25 bits per heavy atom. The van der Waals surface area contributed by atoms with Crippen molar-refractivity contribution in [3.63, 3.8) is 0 Å². The number of urea groups is 1. The first-order valence-electron chi connectivity index (χ1n) is 6.04. The molecular weight excluding hydrogens is 264 g/mol. The minimum absolute atomic E-state index is 0.0646. The van der Waals surface area contributed by atoms with Crippen LogP contribution in [-0.4, -0.2) is 17.6 Å². The van der Waals surface area contributed by atoms with Gasteiger partial charge in [0.05, 0.1) is 5.69 Å². The largest absolute Gasteiger partial charge is 0.338 e. The molecule has 0 aliphatic heterocycles. The van der Waals surface area contributed by atoms with Crippen LogP contribution in [0.3, 0.4) is 0 Å². The molecule has 1 heterocycles. The summed E-state index contributed by atoms with van der Waals surface area (Å²) in [6.45, 7) is 0.389. The molecule has 2 amide bonds. The van der Waals surface area contributed by atoms with Gasteiger partial charge in [0, 0.05) is 25.0 Å². The van der Waals surface area contributed by atoms with Crippen LogP contribution in [0.15, 0.2) is 42.7 Å². The van der Waals surface area contributed by atoms with Gasteiger partial charge < -0.3 is 10.6 Å². The van der Waals surface area contributed by atoms with E-state index in [4.69, 9.17) is 0 Å². The summed E-state index contributed by atoms with van der Waals surface area (Å²) < 4.78 is 26.0. The Hall–Kier alpha value is -2.50. The van der Waals surface area contributed by atoms with Crippen molar-refractivity contribution < 1.29 is 13.6 Å². The van der Waals surface area contributed by atoms with Crippen LogP contribution in [0.4, 0.5) is 19.3 Å². The number of hydrogen-bond donors (Lipinski definition) is 2. The van der Waals surface area contributed by atoms with E-state index in [9.17, 15) is 13.6 Å². The molecule has 0 aliphatic carbocycles. The van der Waals surface area contributed by atoms with Crippen molar-refractivity contribution in [2.75, 3.05) is 11.9 Å². The third kappa shape index (κ3) is 4.01. The highest BCUT2D eigenvalue weighted by molar-refractivity contribution is 5.89. The van der Waals surface area contributed by atoms with Crippen molar-refractivity contribution >= 4 is 11.7 Å². The van der Waals surface area contributed by atoms with Gasteiger partial charge in [0.15, 0.2) is 0 Å². The average molecular weight is 277 g/mol. The van der Waals surface area contributed by atoms with Gasteiger partial charge in [-0.3, -0.25) is 4.98 Å². The molecule has 0 saturated heterocycles. The summed E-state index contributed by atoms with van der Waals surface area (Å²) in [5.41, 5.74) is 0.922. The first-order chi connectivity index (χ1) is 9.65. The molecule has 0 aliphatic rings. The second-order valence-corrected chi connectivity index (χ2v) is 4.12. The van der Waals surface area contributed by atoms with Gasteiger partial charge in [0.2, 0.25) is 0 Å². The number of halogens is 2. The number of carbonyl (C=O) groups is 1. The van der Waals surface area contributed by atoms with Crippen LogP contribution >= 0.6 is 0 Å². The van der Waals surface area contributed by atoms with Gasteiger partial charge in [-0.05, 0) is 30.2 Å². The van der Waals surface area contributed by atoms with Crippen molar-refractivity contribution in [3.8, 4) is 0 Å². The topological polar surface area (TPSA) is 54.0 Å². The van der Waals surface area contributed by atoms with Gasteiger partial charge in [-0.25, -0.2) is 13.6 Å². The highest BCUT2D eigenvalue weighted by Gasteiger charge is 2.07. The van der Waals surface area contributed by atoms with Crippen LogP contribution in [0.1, 0.15) is 5.56 Å². The smallest absolute Gasteiger partial charge is 0.319 e. The fraction of sp³-hybridized carbons (Fsp3) is 0.143. The predicted molar refractivity (Wildman–Crippen MR) is 71.3 cm³/mol. The Morgan fingerprint density at radius 2 is 2.10 bits per heavy atom. The van der Waals surface area contributed by atoms with Gasteiger partial charge >= 0.3 is 6.03 Å². The first-order valence-corrected chi connectivity index (χ1v) is 6.04. The zero-order valence-electron chi connectivity index (χ0n) is 10.6. The van der Waals surface area contributed by atoms with Crippen LogP contribution in [0.25, 0.3) is 0 Å². The number of rotatable bonds is 4. The minimum atomic E-state index is -0.813. The lowest BCUT2D eigenvalue weighted by atomic mass is 10.2. The molecule has 2 N–H and O–H groups in total. The lowest BCUT2D eigenvalue weighted by Crippen LogP contribution is -2.30. The minimum Gasteiger partial charge on any atom is -0.338 e. The van der Waals surface area contributed by atoms with Crippen molar-refractivity contribution in [2.45, 2.75) is 6.42 Å². The molecule has 0 spiro atoms. The van der Waals surface area contributed by atoms with E-state index in [1.165, 1.54) is 6.07 Å². The van der Waals surface area contributed by atoms with Gasteiger partial charge in [-0.15, -0.1) is 0 Å². The van der Waals surface area contributed by atoms with Crippen LogP contribution in [0.5, 0.6) is 0 Å². The third-order valence-corrected chi connectivity index (χ3v) is 2.60. The summed E-state index contributed by atoms with van der Waals surface area (Å²) in [5.74, 6) is -1.50. The maximum Gasteiger partial charge on any atom is 0.319 e. The Balaban J connectivity index is 1.81. The predicted octanol–water partition coefficient (Wildman–Crippen LogP) is 2.72. The molecule has 1 aromatic carbocycles. The fourth-order valence-electron chi connectivity index (χ4n) is 1.62. The number of aromatic nitrogens is 1. The maximum atomic E-state index is 13.3. The molecule has 6 heteroatoms. The van der Waals surface area contributed by atoms with E-state index < -0.39 is 17.7 Å². The van der Waals surface area contributed by atoms with Crippen LogP contribution in [0.2, 0.25) is 0 Å². The van der Waals surface area contributed by atoms with E-state index in [1.807, 2.05) is 12.1 Å². The summed E-state index contributed by atoms with van der Waals surface area (Å²) in [7, 11) is 0. The molecule has 4 nitrogen and oxygen atoms in total. The van der Waals surface area contributed by atoms with Crippen molar-refractivity contribution in [3.05, 3.63) is 59.9 Å². The molecule has 0 atom stereocenters. The van der Waals surface area contributed by atoms with E-state index in [1.54, 1.807) is 12.4 Å².